The van der Waals surface area contributed by atoms with Crippen molar-refractivity contribution in [1.82, 2.24) is 9.80 Å². The van der Waals surface area contributed by atoms with E-state index in [1.807, 2.05) is 4.90 Å². The molecule has 1 N–H and O–H groups in total. The Morgan fingerprint density at radius 2 is 1.64 bits per heavy atom. The van der Waals surface area contributed by atoms with Gasteiger partial charge in [0, 0.05) is 51.0 Å². The third-order valence-electron chi connectivity index (χ3n) is 4.76. The molecule has 2 saturated heterocycles. The summed E-state index contributed by atoms with van der Waals surface area (Å²) in [5.74, 6) is -0.104. The molecule has 0 atom stereocenters. The predicted molar refractivity (Wildman–Crippen MR) is 91.7 cm³/mol. The summed E-state index contributed by atoms with van der Waals surface area (Å²) in [5.41, 5.74) is 0.561. The third kappa shape index (κ3) is 4.69. The largest absolute Gasteiger partial charge is 0.381 e. The second kappa shape index (κ2) is 8.29. The first-order chi connectivity index (χ1) is 12.1. The smallest absolute Gasteiger partial charge is 0.321 e. The number of ether oxygens (including phenoxy) is 1. The maximum atomic E-state index is 12.9. The van der Waals surface area contributed by atoms with E-state index < -0.39 is 0 Å². The second-order valence-electron chi connectivity index (χ2n) is 6.49. The zero-order valence-electron chi connectivity index (χ0n) is 14.2. The molecule has 0 unspecified atom stereocenters. The molecule has 1 aromatic rings. The molecule has 1 aromatic carbocycles. The zero-order valence-corrected chi connectivity index (χ0v) is 14.2. The topological polar surface area (TPSA) is 61.9 Å². The monoisotopic (exact) mass is 349 g/mol. The van der Waals surface area contributed by atoms with Crippen molar-refractivity contribution in [3.05, 3.63) is 30.1 Å². The van der Waals surface area contributed by atoms with Gasteiger partial charge >= 0.3 is 6.03 Å². The Labute approximate surface area is 146 Å². The number of rotatable bonds is 2. The lowest BCUT2D eigenvalue weighted by atomic mass is 9.98. The van der Waals surface area contributed by atoms with Crippen molar-refractivity contribution in [1.29, 1.82) is 0 Å². The summed E-state index contributed by atoms with van der Waals surface area (Å²) in [5, 5.41) is 2.77. The Bertz CT molecular complexity index is 602. The fraction of sp³-hybridized carbons (Fsp3) is 0.556. The number of urea groups is 1. The molecule has 2 fully saturated rings. The van der Waals surface area contributed by atoms with Crippen LogP contribution in [0.5, 0.6) is 0 Å². The lowest BCUT2D eigenvalue weighted by molar-refractivity contribution is -0.138. The molecule has 2 aliphatic rings. The molecule has 0 saturated carbocycles. The van der Waals surface area contributed by atoms with E-state index in [0.717, 1.165) is 19.3 Å². The van der Waals surface area contributed by atoms with E-state index in [1.165, 1.54) is 24.3 Å². The molecule has 0 aromatic heterocycles. The van der Waals surface area contributed by atoms with Gasteiger partial charge in [0.1, 0.15) is 5.82 Å². The zero-order chi connectivity index (χ0) is 17.6. The van der Waals surface area contributed by atoms with Crippen molar-refractivity contribution in [3.8, 4) is 0 Å². The number of carbonyl (C=O) groups excluding carboxylic acids is 2. The van der Waals surface area contributed by atoms with Crippen LogP contribution in [-0.2, 0) is 9.53 Å². The molecule has 7 heteroatoms. The highest BCUT2D eigenvalue weighted by atomic mass is 19.1. The highest BCUT2D eigenvalue weighted by Crippen LogP contribution is 2.19. The fourth-order valence-electron chi connectivity index (χ4n) is 3.28. The highest BCUT2D eigenvalue weighted by molar-refractivity contribution is 5.89. The summed E-state index contributed by atoms with van der Waals surface area (Å²) in [6.45, 7) is 3.63. The molecule has 2 aliphatic heterocycles. The number of nitrogens with zero attached hydrogens (tertiary/aromatic N) is 2. The van der Waals surface area contributed by atoms with Gasteiger partial charge in [-0.2, -0.15) is 0 Å². The van der Waals surface area contributed by atoms with Crippen LogP contribution in [0.2, 0.25) is 0 Å². The standard InChI is InChI=1S/C18H24FN3O3/c19-15-2-4-16(5-3-15)20-18(24)22-9-1-8-21(10-11-22)17(23)14-6-12-25-13-7-14/h2-5,14H,1,6-13H2,(H,20,24). The minimum absolute atomic E-state index is 0.0494. The van der Waals surface area contributed by atoms with Gasteiger partial charge in [0.15, 0.2) is 0 Å². The number of hydrogen-bond acceptors (Lipinski definition) is 3. The van der Waals surface area contributed by atoms with Crippen LogP contribution in [0.4, 0.5) is 14.9 Å². The molecule has 6 nitrogen and oxygen atoms in total. The van der Waals surface area contributed by atoms with Crippen LogP contribution < -0.4 is 5.32 Å². The average molecular weight is 349 g/mol. The number of benzene rings is 1. The van der Waals surface area contributed by atoms with Crippen LogP contribution in [0.15, 0.2) is 24.3 Å². The fourth-order valence-corrected chi connectivity index (χ4v) is 3.28. The molecular weight excluding hydrogens is 325 g/mol. The van der Waals surface area contributed by atoms with Crippen molar-refractivity contribution in [3.63, 3.8) is 0 Å². The Hall–Kier alpha value is -2.15. The highest BCUT2D eigenvalue weighted by Gasteiger charge is 2.28. The van der Waals surface area contributed by atoms with Crippen LogP contribution in [-0.4, -0.2) is 61.1 Å². The van der Waals surface area contributed by atoms with Crippen molar-refractivity contribution < 1.29 is 18.7 Å². The van der Waals surface area contributed by atoms with E-state index in [-0.39, 0.29) is 23.7 Å². The lowest BCUT2D eigenvalue weighted by Gasteiger charge is -2.28. The minimum atomic E-state index is -0.338. The van der Waals surface area contributed by atoms with Gasteiger partial charge < -0.3 is 19.9 Å². The number of carbonyl (C=O) groups is 2. The van der Waals surface area contributed by atoms with Gasteiger partial charge in [-0.25, -0.2) is 9.18 Å². The van der Waals surface area contributed by atoms with Gasteiger partial charge in [-0.15, -0.1) is 0 Å². The molecular formula is C18H24FN3O3. The van der Waals surface area contributed by atoms with Crippen LogP contribution in [0.3, 0.4) is 0 Å². The average Bonchev–Trinajstić information content (AvgIpc) is 2.90. The van der Waals surface area contributed by atoms with Crippen LogP contribution >= 0.6 is 0 Å². The Morgan fingerprint density at radius 3 is 2.36 bits per heavy atom. The number of amides is 3. The normalized spacial score (nSPS) is 19.4. The number of halogens is 1. The third-order valence-corrected chi connectivity index (χ3v) is 4.76. The van der Waals surface area contributed by atoms with Crippen molar-refractivity contribution in [2.75, 3.05) is 44.7 Å². The SMILES string of the molecule is O=C(Nc1ccc(F)cc1)N1CCCN(C(=O)C2CCOCC2)CC1. The van der Waals surface area contributed by atoms with Crippen molar-refractivity contribution in [2.24, 2.45) is 5.92 Å². The minimum Gasteiger partial charge on any atom is -0.381 e. The summed E-state index contributed by atoms with van der Waals surface area (Å²) in [6, 6.07) is 5.48. The summed E-state index contributed by atoms with van der Waals surface area (Å²) >= 11 is 0. The molecule has 0 radical (unpaired) electrons. The summed E-state index contributed by atoms with van der Waals surface area (Å²) in [7, 11) is 0. The predicted octanol–water partition coefficient (Wildman–Crippen LogP) is 2.32. The van der Waals surface area contributed by atoms with E-state index in [4.69, 9.17) is 4.74 Å². The van der Waals surface area contributed by atoms with Gasteiger partial charge in [-0.1, -0.05) is 0 Å². The van der Waals surface area contributed by atoms with Gasteiger partial charge in [0.05, 0.1) is 0 Å². The molecule has 136 valence electrons. The number of hydrogen-bond donors (Lipinski definition) is 1. The molecule has 3 rings (SSSR count). The maximum absolute atomic E-state index is 12.9. The molecule has 0 spiro atoms. The van der Waals surface area contributed by atoms with Crippen molar-refractivity contribution >= 4 is 17.6 Å². The Kier molecular flexibility index (Phi) is 5.86. The van der Waals surface area contributed by atoms with Gasteiger partial charge in [-0.3, -0.25) is 4.79 Å². The van der Waals surface area contributed by atoms with Crippen LogP contribution in [0, 0.1) is 11.7 Å². The summed E-state index contributed by atoms with van der Waals surface area (Å²) in [6.07, 6.45) is 2.32. The van der Waals surface area contributed by atoms with E-state index in [2.05, 4.69) is 5.32 Å². The quantitative estimate of drug-likeness (QED) is 0.891. The lowest BCUT2D eigenvalue weighted by Crippen LogP contribution is -2.42. The first kappa shape index (κ1) is 17.7. The summed E-state index contributed by atoms with van der Waals surface area (Å²) in [4.78, 5) is 28.6. The van der Waals surface area contributed by atoms with E-state index in [1.54, 1.807) is 4.90 Å². The van der Waals surface area contributed by atoms with E-state index in [9.17, 15) is 14.0 Å². The van der Waals surface area contributed by atoms with Crippen LogP contribution in [0.1, 0.15) is 19.3 Å². The van der Waals surface area contributed by atoms with Crippen LogP contribution in [0.25, 0.3) is 0 Å². The van der Waals surface area contributed by atoms with Crippen molar-refractivity contribution in [2.45, 2.75) is 19.3 Å². The Balaban J connectivity index is 1.52. The molecule has 0 aliphatic carbocycles. The molecule has 3 amide bonds. The number of anilines is 1. The number of nitrogens with one attached hydrogen (secondary N) is 1. The molecule has 25 heavy (non-hydrogen) atoms. The first-order valence-corrected chi connectivity index (χ1v) is 8.81. The van der Waals surface area contributed by atoms with E-state index >= 15 is 0 Å². The van der Waals surface area contributed by atoms with Gasteiger partial charge in [0.2, 0.25) is 5.91 Å². The second-order valence-corrected chi connectivity index (χ2v) is 6.49. The maximum Gasteiger partial charge on any atom is 0.321 e. The van der Waals surface area contributed by atoms with Gasteiger partial charge in [-0.05, 0) is 43.5 Å². The Morgan fingerprint density at radius 1 is 1.00 bits per heavy atom. The molecule has 0 bridgehead atoms. The van der Waals surface area contributed by atoms with E-state index in [0.29, 0.717) is 45.1 Å². The van der Waals surface area contributed by atoms with Gasteiger partial charge in [0.25, 0.3) is 0 Å². The summed E-state index contributed by atoms with van der Waals surface area (Å²) < 4.78 is 18.3. The first-order valence-electron chi connectivity index (χ1n) is 8.81. The molecule has 2 heterocycles.